The van der Waals surface area contributed by atoms with Crippen LogP contribution in [0.1, 0.15) is 11.1 Å². The first kappa shape index (κ1) is 18.2. The molecule has 29 heavy (non-hydrogen) atoms. The van der Waals surface area contributed by atoms with Crippen LogP contribution in [0.5, 0.6) is 0 Å². The lowest BCUT2D eigenvalue weighted by Crippen LogP contribution is -2.48. The minimum Gasteiger partial charge on any atom is -0.353 e. The van der Waals surface area contributed by atoms with Gasteiger partial charge in [0.25, 0.3) is 0 Å². The van der Waals surface area contributed by atoms with Crippen molar-refractivity contribution < 1.29 is 0 Å². The van der Waals surface area contributed by atoms with Gasteiger partial charge in [-0.1, -0.05) is 54.1 Å². The Morgan fingerprint density at radius 2 is 1.59 bits per heavy atom. The molecule has 1 fully saturated rings. The molecule has 146 valence electrons. The zero-order valence-corrected chi connectivity index (χ0v) is 16.9. The van der Waals surface area contributed by atoms with Crippen LogP contribution in [0.25, 0.3) is 0 Å². The van der Waals surface area contributed by atoms with Crippen molar-refractivity contribution in [2.75, 3.05) is 31.5 Å². The molecular formula is C24H23ClN4. The summed E-state index contributed by atoms with van der Waals surface area (Å²) in [7, 11) is 0. The van der Waals surface area contributed by atoms with E-state index in [1.165, 1.54) is 5.56 Å². The second-order valence-electron chi connectivity index (χ2n) is 7.52. The summed E-state index contributed by atoms with van der Waals surface area (Å²) in [6.07, 6.45) is 0. The molecule has 0 bridgehead atoms. The number of nitrogens with zero attached hydrogens (tertiary/aromatic N) is 3. The first-order chi connectivity index (χ1) is 14.3. The highest BCUT2D eigenvalue weighted by atomic mass is 35.5. The van der Waals surface area contributed by atoms with Crippen molar-refractivity contribution >= 4 is 34.5 Å². The van der Waals surface area contributed by atoms with E-state index in [1.807, 2.05) is 18.2 Å². The topological polar surface area (TPSA) is 30.9 Å². The van der Waals surface area contributed by atoms with E-state index in [0.717, 1.165) is 61.2 Å². The number of hydrogen-bond donors (Lipinski definition) is 1. The van der Waals surface area contributed by atoms with Crippen LogP contribution >= 0.6 is 11.6 Å². The fraction of sp³-hybridized carbons (Fsp3) is 0.208. The number of anilines is 2. The van der Waals surface area contributed by atoms with Crippen molar-refractivity contribution in [3.63, 3.8) is 0 Å². The molecule has 0 aromatic heterocycles. The second-order valence-corrected chi connectivity index (χ2v) is 7.95. The molecule has 0 unspecified atom stereocenters. The van der Waals surface area contributed by atoms with E-state index in [2.05, 4.69) is 69.7 Å². The van der Waals surface area contributed by atoms with Crippen LogP contribution in [0.3, 0.4) is 0 Å². The van der Waals surface area contributed by atoms with Gasteiger partial charge in [-0.15, -0.1) is 0 Å². The van der Waals surface area contributed by atoms with Crippen molar-refractivity contribution in [3.8, 4) is 0 Å². The number of rotatable bonds is 2. The number of para-hydroxylation sites is 1. The van der Waals surface area contributed by atoms with E-state index in [-0.39, 0.29) is 0 Å². The summed E-state index contributed by atoms with van der Waals surface area (Å²) in [6, 6.07) is 24.9. The minimum atomic E-state index is 0.701. The lowest BCUT2D eigenvalue weighted by molar-refractivity contribution is 0.176. The molecule has 0 saturated carbocycles. The van der Waals surface area contributed by atoms with E-state index in [1.54, 1.807) is 0 Å². The summed E-state index contributed by atoms with van der Waals surface area (Å²) in [5, 5.41) is 4.23. The van der Waals surface area contributed by atoms with Crippen molar-refractivity contribution in [2.24, 2.45) is 4.99 Å². The Morgan fingerprint density at radius 3 is 2.41 bits per heavy atom. The maximum atomic E-state index is 6.25. The number of benzene rings is 3. The maximum Gasteiger partial charge on any atom is 0.138 e. The highest BCUT2D eigenvalue weighted by molar-refractivity contribution is 6.31. The van der Waals surface area contributed by atoms with E-state index in [9.17, 15) is 0 Å². The van der Waals surface area contributed by atoms with Crippen LogP contribution in [0.4, 0.5) is 17.1 Å². The highest BCUT2D eigenvalue weighted by Crippen LogP contribution is 2.36. The van der Waals surface area contributed by atoms with Gasteiger partial charge in [0, 0.05) is 49.0 Å². The van der Waals surface area contributed by atoms with Gasteiger partial charge >= 0.3 is 0 Å². The number of piperazine rings is 1. The number of fused-ring (bicyclic) bond motifs is 2. The Labute approximate surface area is 176 Å². The standard InChI is InChI=1S/C24H23ClN4/c25-19-10-11-22-23(16-19)27-24(20-8-4-5-9-21(20)26-22)29-14-12-28(13-15-29)17-18-6-2-1-3-7-18/h1-11,16,26H,12-15,17H2. The molecule has 0 aliphatic carbocycles. The molecule has 3 aromatic carbocycles. The fourth-order valence-corrected chi connectivity index (χ4v) is 4.18. The van der Waals surface area contributed by atoms with Gasteiger partial charge in [0.2, 0.25) is 0 Å². The third kappa shape index (κ3) is 3.86. The Bertz CT molecular complexity index is 1040. The summed E-state index contributed by atoms with van der Waals surface area (Å²) >= 11 is 6.25. The number of aliphatic imine (C=N–C) groups is 1. The van der Waals surface area contributed by atoms with Crippen LogP contribution < -0.4 is 5.32 Å². The van der Waals surface area contributed by atoms with Crippen molar-refractivity contribution in [1.82, 2.24) is 9.80 Å². The van der Waals surface area contributed by atoms with Gasteiger partial charge < -0.3 is 10.2 Å². The molecule has 0 atom stereocenters. The Morgan fingerprint density at radius 1 is 0.828 bits per heavy atom. The van der Waals surface area contributed by atoms with Crippen molar-refractivity contribution in [2.45, 2.75) is 6.54 Å². The molecule has 2 aliphatic heterocycles. The third-order valence-corrected chi connectivity index (χ3v) is 5.78. The Kier molecular flexibility index (Phi) is 4.96. The lowest BCUT2D eigenvalue weighted by Gasteiger charge is -2.36. The van der Waals surface area contributed by atoms with Crippen molar-refractivity contribution in [3.05, 3.63) is 88.9 Å². The van der Waals surface area contributed by atoms with Crippen LogP contribution in [-0.2, 0) is 6.54 Å². The highest BCUT2D eigenvalue weighted by Gasteiger charge is 2.24. The predicted molar refractivity (Wildman–Crippen MR) is 121 cm³/mol. The number of hydrogen-bond acceptors (Lipinski definition) is 4. The summed E-state index contributed by atoms with van der Waals surface area (Å²) in [5.41, 5.74) is 5.45. The van der Waals surface area contributed by atoms with E-state index in [0.29, 0.717) is 5.02 Å². The average molecular weight is 403 g/mol. The van der Waals surface area contributed by atoms with Crippen molar-refractivity contribution in [1.29, 1.82) is 0 Å². The number of nitrogens with one attached hydrogen (secondary N) is 1. The molecular weight excluding hydrogens is 380 g/mol. The van der Waals surface area contributed by atoms with Gasteiger partial charge in [0.05, 0.1) is 11.4 Å². The first-order valence-electron chi connectivity index (χ1n) is 10.0. The summed E-state index contributed by atoms with van der Waals surface area (Å²) in [6.45, 7) is 4.95. The molecule has 4 nitrogen and oxygen atoms in total. The summed E-state index contributed by atoms with van der Waals surface area (Å²) in [5.74, 6) is 1.02. The van der Waals surface area contributed by atoms with E-state index in [4.69, 9.17) is 16.6 Å². The largest absolute Gasteiger partial charge is 0.353 e. The van der Waals surface area contributed by atoms with Gasteiger partial charge in [-0.05, 0) is 35.9 Å². The van der Waals surface area contributed by atoms with E-state index >= 15 is 0 Å². The Balaban J connectivity index is 1.41. The molecule has 5 rings (SSSR count). The summed E-state index contributed by atoms with van der Waals surface area (Å²) in [4.78, 5) is 9.96. The second kappa shape index (κ2) is 7.90. The van der Waals surface area contributed by atoms with Crippen LogP contribution in [0.2, 0.25) is 5.02 Å². The zero-order chi connectivity index (χ0) is 19.6. The van der Waals surface area contributed by atoms with Gasteiger partial charge in [-0.2, -0.15) is 0 Å². The van der Waals surface area contributed by atoms with E-state index < -0.39 is 0 Å². The molecule has 3 aromatic rings. The summed E-state index contributed by atoms with van der Waals surface area (Å²) < 4.78 is 0. The molecule has 0 radical (unpaired) electrons. The molecule has 5 heteroatoms. The molecule has 2 aliphatic rings. The lowest BCUT2D eigenvalue weighted by atomic mass is 10.1. The molecule has 0 spiro atoms. The monoisotopic (exact) mass is 402 g/mol. The van der Waals surface area contributed by atoms with Gasteiger partial charge in [-0.3, -0.25) is 4.90 Å². The van der Waals surface area contributed by atoms with Gasteiger partial charge in [0.15, 0.2) is 0 Å². The number of amidine groups is 1. The SMILES string of the molecule is Clc1ccc2c(c1)N=C(N1CCN(Cc3ccccc3)CC1)c1ccccc1N2. The maximum absolute atomic E-state index is 6.25. The molecule has 2 heterocycles. The van der Waals surface area contributed by atoms with Gasteiger partial charge in [-0.25, -0.2) is 4.99 Å². The molecule has 1 saturated heterocycles. The quantitative estimate of drug-likeness (QED) is 0.631. The molecule has 1 N–H and O–H groups in total. The van der Waals surface area contributed by atoms with Gasteiger partial charge in [0.1, 0.15) is 5.84 Å². The van der Waals surface area contributed by atoms with Crippen LogP contribution in [0.15, 0.2) is 77.8 Å². The first-order valence-corrected chi connectivity index (χ1v) is 10.4. The number of halogens is 1. The minimum absolute atomic E-state index is 0.701. The zero-order valence-electron chi connectivity index (χ0n) is 16.2. The smallest absolute Gasteiger partial charge is 0.138 e. The normalized spacial score (nSPS) is 16.3. The third-order valence-electron chi connectivity index (χ3n) is 5.54. The Hall–Kier alpha value is -2.82. The average Bonchev–Trinajstić information content (AvgIpc) is 2.92. The van der Waals surface area contributed by atoms with Crippen LogP contribution in [0, 0.1) is 0 Å². The fourth-order valence-electron chi connectivity index (χ4n) is 4.01. The van der Waals surface area contributed by atoms with Crippen LogP contribution in [-0.4, -0.2) is 41.8 Å². The molecule has 0 amide bonds. The predicted octanol–water partition coefficient (Wildman–Crippen LogP) is 5.29.